The maximum absolute atomic E-state index is 13.2. The summed E-state index contributed by atoms with van der Waals surface area (Å²) in [4.78, 5) is 0. The number of benzene rings is 2. The van der Waals surface area contributed by atoms with Gasteiger partial charge in [0.15, 0.2) is 0 Å². The first-order chi connectivity index (χ1) is 9.49. The normalized spacial score (nSPS) is 12.2. The van der Waals surface area contributed by atoms with Crippen LogP contribution in [0.25, 0.3) is 0 Å². The summed E-state index contributed by atoms with van der Waals surface area (Å²) in [6.07, 6.45) is 0.283. The van der Waals surface area contributed by atoms with Crippen molar-refractivity contribution in [3.05, 3.63) is 64.2 Å². The van der Waals surface area contributed by atoms with E-state index in [4.69, 9.17) is 22.1 Å². The maximum atomic E-state index is 13.2. The lowest BCUT2D eigenvalue weighted by molar-refractivity contribution is 0.405. The molecule has 106 valence electrons. The van der Waals surface area contributed by atoms with Gasteiger partial charge in [-0.05, 0) is 42.3 Å². The van der Waals surface area contributed by atoms with Crippen LogP contribution in [-0.2, 0) is 6.42 Å². The van der Waals surface area contributed by atoms with Gasteiger partial charge in [-0.15, -0.1) is 0 Å². The van der Waals surface area contributed by atoms with Crippen molar-refractivity contribution >= 4 is 11.6 Å². The minimum Gasteiger partial charge on any atom is -0.496 e. The van der Waals surface area contributed by atoms with E-state index in [0.717, 1.165) is 6.07 Å². The van der Waals surface area contributed by atoms with Crippen molar-refractivity contribution in [3.8, 4) is 5.75 Å². The standard InChI is InChI=1S/C15H14ClF2NO/c1-20-15-3-2-10(16)7-13(15)14(19)6-9-4-11(17)8-12(18)5-9/h2-5,7-8,14H,6,19H2,1H3. The van der Waals surface area contributed by atoms with Gasteiger partial charge in [0.2, 0.25) is 0 Å². The second-order valence-corrected chi connectivity index (χ2v) is 4.91. The molecule has 1 unspecified atom stereocenters. The van der Waals surface area contributed by atoms with Gasteiger partial charge in [0.25, 0.3) is 0 Å². The van der Waals surface area contributed by atoms with E-state index in [1.54, 1.807) is 18.2 Å². The molecular weight excluding hydrogens is 284 g/mol. The molecule has 0 bridgehead atoms. The molecule has 0 amide bonds. The Labute approximate surface area is 121 Å². The van der Waals surface area contributed by atoms with Crippen LogP contribution in [0.15, 0.2) is 36.4 Å². The van der Waals surface area contributed by atoms with E-state index in [0.29, 0.717) is 21.9 Å². The molecule has 2 N–H and O–H groups in total. The molecule has 0 aliphatic carbocycles. The van der Waals surface area contributed by atoms with Crippen molar-refractivity contribution < 1.29 is 13.5 Å². The molecule has 5 heteroatoms. The van der Waals surface area contributed by atoms with Crippen molar-refractivity contribution in [2.24, 2.45) is 5.73 Å². The van der Waals surface area contributed by atoms with Crippen LogP contribution in [0.4, 0.5) is 8.78 Å². The van der Waals surface area contributed by atoms with Gasteiger partial charge in [0.1, 0.15) is 17.4 Å². The number of hydrogen-bond acceptors (Lipinski definition) is 2. The highest BCUT2D eigenvalue weighted by Crippen LogP contribution is 2.29. The first kappa shape index (κ1) is 14.8. The molecule has 0 saturated heterocycles. The van der Waals surface area contributed by atoms with Crippen LogP contribution in [0.1, 0.15) is 17.2 Å². The van der Waals surface area contributed by atoms with Gasteiger partial charge < -0.3 is 10.5 Å². The summed E-state index contributed by atoms with van der Waals surface area (Å²) < 4.78 is 31.5. The van der Waals surface area contributed by atoms with E-state index in [1.165, 1.54) is 19.2 Å². The van der Waals surface area contributed by atoms with Gasteiger partial charge in [-0.25, -0.2) is 8.78 Å². The van der Waals surface area contributed by atoms with Crippen LogP contribution in [0.3, 0.4) is 0 Å². The quantitative estimate of drug-likeness (QED) is 0.930. The zero-order valence-electron chi connectivity index (χ0n) is 10.9. The van der Waals surface area contributed by atoms with E-state index in [1.807, 2.05) is 0 Å². The number of halogens is 3. The van der Waals surface area contributed by atoms with Gasteiger partial charge in [-0.2, -0.15) is 0 Å². The molecule has 0 heterocycles. The fourth-order valence-corrected chi connectivity index (χ4v) is 2.27. The lowest BCUT2D eigenvalue weighted by atomic mass is 9.98. The Bertz CT molecular complexity index is 599. The monoisotopic (exact) mass is 297 g/mol. The minimum absolute atomic E-state index is 0.283. The highest BCUT2D eigenvalue weighted by Gasteiger charge is 2.14. The average molecular weight is 298 g/mol. The van der Waals surface area contributed by atoms with Crippen molar-refractivity contribution in [3.63, 3.8) is 0 Å². The van der Waals surface area contributed by atoms with Crippen LogP contribution >= 0.6 is 11.6 Å². The van der Waals surface area contributed by atoms with Crippen LogP contribution in [-0.4, -0.2) is 7.11 Å². The number of methoxy groups -OCH3 is 1. The minimum atomic E-state index is -0.620. The van der Waals surface area contributed by atoms with E-state index in [9.17, 15) is 8.78 Å². The molecule has 2 aromatic rings. The Balaban J connectivity index is 2.27. The van der Waals surface area contributed by atoms with Gasteiger partial charge in [0, 0.05) is 22.7 Å². The molecule has 0 fully saturated rings. The maximum Gasteiger partial charge on any atom is 0.126 e. The molecule has 0 saturated carbocycles. The number of rotatable bonds is 4. The Hall–Kier alpha value is -1.65. The molecule has 0 radical (unpaired) electrons. The Morgan fingerprint density at radius 2 is 1.80 bits per heavy atom. The predicted molar refractivity (Wildman–Crippen MR) is 75.0 cm³/mol. The van der Waals surface area contributed by atoms with Crippen LogP contribution in [0.2, 0.25) is 5.02 Å². The summed E-state index contributed by atoms with van der Waals surface area (Å²) in [5, 5.41) is 0.529. The van der Waals surface area contributed by atoms with Crippen molar-refractivity contribution in [2.75, 3.05) is 7.11 Å². The molecule has 1 atom stereocenters. The highest BCUT2D eigenvalue weighted by molar-refractivity contribution is 6.30. The second-order valence-electron chi connectivity index (χ2n) is 4.47. The Morgan fingerprint density at radius 3 is 2.40 bits per heavy atom. The van der Waals surface area contributed by atoms with Gasteiger partial charge in [-0.1, -0.05) is 11.6 Å². The Kier molecular flexibility index (Phi) is 4.57. The zero-order chi connectivity index (χ0) is 14.7. The first-order valence-electron chi connectivity index (χ1n) is 6.03. The van der Waals surface area contributed by atoms with Crippen molar-refractivity contribution in [2.45, 2.75) is 12.5 Å². The third-order valence-electron chi connectivity index (χ3n) is 2.97. The summed E-state index contributed by atoms with van der Waals surface area (Å²) in [6, 6.07) is 7.99. The topological polar surface area (TPSA) is 35.2 Å². The van der Waals surface area contributed by atoms with Gasteiger partial charge in [0.05, 0.1) is 7.11 Å². The van der Waals surface area contributed by atoms with Crippen molar-refractivity contribution in [1.82, 2.24) is 0 Å². The second kappa shape index (κ2) is 6.20. The van der Waals surface area contributed by atoms with Crippen LogP contribution in [0.5, 0.6) is 5.75 Å². The third kappa shape index (κ3) is 3.46. The lowest BCUT2D eigenvalue weighted by Gasteiger charge is -2.16. The molecule has 20 heavy (non-hydrogen) atoms. The average Bonchev–Trinajstić information content (AvgIpc) is 2.37. The van der Waals surface area contributed by atoms with Crippen molar-refractivity contribution in [1.29, 1.82) is 0 Å². The molecule has 2 rings (SSSR count). The summed E-state index contributed by atoms with van der Waals surface area (Å²) in [7, 11) is 1.53. The molecule has 0 aliphatic rings. The van der Waals surface area contributed by atoms with E-state index >= 15 is 0 Å². The summed E-state index contributed by atoms with van der Waals surface area (Å²) in [6.45, 7) is 0. The number of ether oxygens (including phenoxy) is 1. The smallest absolute Gasteiger partial charge is 0.126 e. The number of nitrogens with two attached hydrogens (primary N) is 1. The van der Waals surface area contributed by atoms with E-state index in [-0.39, 0.29) is 6.42 Å². The van der Waals surface area contributed by atoms with E-state index in [2.05, 4.69) is 0 Å². The lowest BCUT2D eigenvalue weighted by Crippen LogP contribution is -2.14. The molecule has 0 spiro atoms. The number of hydrogen-bond donors (Lipinski definition) is 1. The fourth-order valence-electron chi connectivity index (χ4n) is 2.09. The zero-order valence-corrected chi connectivity index (χ0v) is 11.6. The molecule has 0 aliphatic heterocycles. The van der Waals surface area contributed by atoms with Crippen LogP contribution < -0.4 is 10.5 Å². The molecular formula is C15H14ClF2NO. The van der Waals surface area contributed by atoms with E-state index < -0.39 is 17.7 Å². The fraction of sp³-hybridized carbons (Fsp3) is 0.200. The van der Waals surface area contributed by atoms with Crippen LogP contribution in [0, 0.1) is 11.6 Å². The summed E-state index contributed by atoms with van der Waals surface area (Å²) >= 11 is 5.94. The largest absolute Gasteiger partial charge is 0.496 e. The highest BCUT2D eigenvalue weighted by atomic mass is 35.5. The first-order valence-corrected chi connectivity index (χ1v) is 6.41. The molecule has 0 aromatic heterocycles. The predicted octanol–water partition coefficient (Wildman–Crippen LogP) is 3.87. The molecule has 2 aromatic carbocycles. The van der Waals surface area contributed by atoms with Gasteiger partial charge >= 0.3 is 0 Å². The Morgan fingerprint density at radius 1 is 1.15 bits per heavy atom. The third-order valence-corrected chi connectivity index (χ3v) is 3.20. The van der Waals surface area contributed by atoms with Gasteiger partial charge in [-0.3, -0.25) is 0 Å². The summed E-state index contributed by atoms with van der Waals surface area (Å²) in [5.74, 6) is -0.644. The SMILES string of the molecule is COc1ccc(Cl)cc1C(N)Cc1cc(F)cc(F)c1. The summed E-state index contributed by atoms with van der Waals surface area (Å²) in [5.41, 5.74) is 7.27. The molecule has 2 nitrogen and oxygen atoms in total.